The number of nitro benzene ring substituents is 1. The van der Waals surface area contributed by atoms with Gasteiger partial charge >= 0.3 is 11.7 Å². The molecule has 0 aliphatic rings. The van der Waals surface area contributed by atoms with Crippen molar-refractivity contribution in [2.45, 2.75) is 58.3 Å². The van der Waals surface area contributed by atoms with Gasteiger partial charge in [0.1, 0.15) is 5.75 Å². The van der Waals surface area contributed by atoms with Gasteiger partial charge in [-0.15, -0.1) is 0 Å². The van der Waals surface area contributed by atoms with Crippen molar-refractivity contribution < 1.29 is 19.2 Å². The van der Waals surface area contributed by atoms with Gasteiger partial charge in [0.2, 0.25) is 5.75 Å². The Morgan fingerprint density at radius 2 is 1.52 bits per heavy atom. The van der Waals surface area contributed by atoms with Gasteiger partial charge in [0.25, 0.3) is 0 Å². The van der Waals surface area contributed by atoms with Crippen LogP contribution in [0.1, 0.15) is 68.6 Å². The lowest BCUT2D eigenvalue weighted by Gasteiger charge is -2.08. The summed E-state index contributed by atoms with van der Waals surface area (Å²) in [5.41, 5.74) is 0.0637. The van der Waals surface area contributed by atoms with Gasteiger partial charge in [-0.1, -0.05) is 64.0 Å². The minimum Gasteiger partial charge on any atom is -0.494 e. The summed E-state index contributed by atoms with van der Waals surface area (Å²) in [6, 6.07) is 12.4. The standard InChI is InChI=1S/C23H29NO5/c1-2-3-4-5-6-7-8-11-18-28-20-16-14-19(15-17-20)23(25)29-22-13-10-9-12-21(22)24(26)27/h9-10,12-17H,2-8,11,18H2,1H3. The van der Waals surface area contributed by atoms with Gasteiger partial charge in [-0.05, 0) is 36.8 Å². The molecule has 6 nitrogen and oxygen atoms in total. The Hall–Kier alpha value is -2.89. The lowest BCUT2D eigenvalue weighted by atomic mass is 10.1. The molecule has 0 amide bonds. The smallest absolute Gasteiger partial charge is 0.343 e. The molecule has 6 heteroatoms. The number of hydrogen-bond acceptors (Lipinski definition) is 5. The average Bonchev–Trinajstić information content (AvgIpc) is 2.73. The molecular formula is C23H29NO5. The molecule has 2 rings (SSSR count). The van der Waals surface area contributed by atoms with E-state index in [0.29, 0.717) is 17.9 Å². The molecule has 0 spiro atoms. The first-order chi connectivity index (χ1) is 14.1. The van der Waals surface area contributed by atoms with Crippen molar-refractivity contribution in [1.82, 2.24) is 0 Å². The number of para-hydroxylation sites is 2. The average molecular weight is 399 g/mol. The predicted molar refractivity (Wildman–Crippen MR) is 113 cm³/mol. The first kappa shape index (κ1) is 22.4. The van der Waals surface area contributed by atoms with Gasteiger partial charge in [-0.3, -0.25) is 10.1 Å². The molecule has 29 heavy (non-hydrogen) atoms. The van der Waals surface area contributed by atoms with Crippen molar-refractivity contribution in [2.75, 3.05) is 6.61 Å². The fourth-order valence-corrected chi connectivity index (χ4v) is 2.97. The first-order valence-corrected chi connectivity index (χ1v) is 10.3. The summed E-state index contributed by atoms with van der Waals surface area (Å²) >= 11 is 0. The van der Waals surface area contributed by atoms with E-state index in [-0.39, 0.29) is 11.4 Å². The van der Waals surface area contributed by atoms with Crippen molar-refractivity contribution in [3.8, 4) is 11.5 Å². The van der Waals surface area contributed by atoms with Crippen LogP contribution in [0.3, 0.4) is 0 Å². The highest BCUT2D eigenvalue weighted by molar-refractivity contribution is 5.91. The molecule has 0 aliphatic heterocycles. The van der Waals surface area contributed by atoms with Crippen LogP contribution < -0.4 is 9.47 Å². The molecule has 0 bridgehead atoms. The maximum absolute atomic E-state index is 12.2. The largest absolute Gasteiger partial charge is 0.494 e. The number of nitro groups is 1. The number of esters is 1. The Labute approximate surface area is 172 Å². The number of carbonyl (C=O) groups is 1. The van der Waals surface area contributed by atoms with Crippen LogP contribution >= 0.6 is 0 Å². The second-order valence-electron chi connectivity index (χ2n) is 6.96. The van der Waals surface area contributed by atoms with Gasteiger partial charge in [0.15, 0.2) is 0 Å². The summed E-state index contributed by atoms with van der Waals surface area (Å²) in [4.78, 5) is 22.7. The second-order valence-corrected chi connectivity index (χ2v) is 6.96. The Kier molecular flexibility index (Phi) is 9.69. The Bertz CT molecular complexity index is 773. The zero-order valence-electron chi connectivity index (χ0n) is 17.0. The molecule has 0 radical (unpaired) electrons. The maximum atomic E-state index is 12.2. The van der Waals surface area contributed by atoms with Crippen molar-refractivity contribution in [1.29, 1.82) is 0 Å². The van der Waals surface area contributed by atoms with E-state index in [1.54, 1.807) is 30.3 Å². The van der Waals surface area contributed by atoms with E-state index in [9.17, 15) is 14.9 Å². The predicted octanol–water partition coefficient (Wildman–Crippen LogP) is 6.33. The highest BCUT2D eigenvalue weighted by Gasteiger charge is 2.18. The maximum Gasteiger partial charge on any atom is 0.343 e. The van der Waals surface area contributed by atoms with Gasteiger partial charge in [-0.2, -0.15) is 0 Å². The molecule has 0 fully saturated rings. The summed E-state index contributed by atoms with van der Waals surface area (Å²) in [7, 11) is 0. The van der Waals surface area contributed by atoms with Crippen LogP contribution in [0.5, 0.6) is 11.5 Å². The van der Waals surface area contributed by atoms with E-state index >= 15 is 0 Å². The minimum atomic E-state index is -0.645. The third-order valence-corrected chi connectivity index (χ3v) is 4.62. The normalized spacial score (nSPS) is 10.5. The number of nitrogens with zero attached hydrogens (tertiary/aromatic N) is 1. The summed E-state index contributed by atoms with van der Waals surface area (Å²) in [5.74, 6) is -0.0263. The quantitative estimate of drug-likeness (QED) is 0.129. The molecule has 0 N–H and O–H groups in total. The van der Waals surface area contributed by atoms with E-state index in [0.717, 1.165) is 12.8 Å². The SMILES string of the molecule is CCCCCCCCCCOc1ccc(C(=O)Oc2ccccc2[N+](=O)[O-])cc1. The third kappa shape index (κ3) is 7.94. The summed E-state index contributed by atoms with van der Waals surface area (Å²) in [5, 5.41) is 11.0. The highest BCUT2D eigenvalue weighted by atomic mass is 16.6. The molecular weight excluding hydrogens is 370 g/mol. The summed E-state index contributed by atoms with van der Waals surface area (Å²) in [6.45, 7) is 2.87. The van der Waals surface area contributed by atoms with Crippen molar-refractivity contribution >= 4 is 11.7 Å². The summed E-state index contributed by atoms with van der Waals surface area (Å²) in [6.07, 6.45) is 9.95. The van der Waals surface area contributed by atoms with Crippen LogP contribution in [-0.4, -0.2) is 17.5 Å². The number of hydrogen-bond donors (Lipinski definition) is 0. The number of carbonyl (C=O) groups excluding carboxylic acids is 1. The number of benzene rings is 2. The van der Waals surface area contributed by atoms with Crippen LogP contribution in [-0.2, 0) is 0 Å². The topological polar surface area (TPSA) is 78.7 Å². The van der Waals surface area contributed by atoms with Crippen LogP contribution in [0, 0.1) is 10.1 Å². The fourth-order valence-electron chi connectivity index (χ4n) is 2.97. The first-order valence-electron chi connectivity index (χ1n) is 10.3. The van der Waals surface area contributed by atoms with Gasteiger partial charge in [0, 0.05) is 6.07 Å². The van der Waals surface area contributed by atoms with Crippen LogP contribution in [0.15, 0.2) is 48.5 Å². The van der Waals surface area contributed by atoms with Gasteiger partial charge in [-0.25, -0.2) is 4.79 Å². The molecule has 2 aromatic carbocycles. The Morgan fingerprint density at radius 1 is 0.897 bits per heavy atom. The third-order valence-electron chi connectivity index (χ3n) is 4.62. The lowest BCUT2D eigenvalue weighted by Crippen LogP contribution is -2.09. The van der Waals surface area contributed by atoms with Crippen LogP contribution in [0.4, 0.5) is 5.69 Å². The fraction of sp³-hybridized carbons (Fsp3) is 0.435. The molecule has 0 atom stereocenters. The lowest BCUT2D eigenvalue weighted by molar-refractivity contribution is -0.385. The van der Waals surface area contributed by atoms with Crippen LogP contribution in [0.2, 0.25) is 0 Å². The van der Waals surface area contributed by atoms with E-state index in [1.807, 2.05) is 0 Å². The van der Waals surface area contributed by atoms with Gasteiger partial charge < -0.3 is 9.47 Å². The van der Waals surface area contributed by atoms with Gasteiger partial charge in [0.05, 0.1) is 17.1 Å². The molecule has 2 aromatic rings. The van der Waals surface area contributed by atoms with E-state index < -0.39 is 10.9 Å². The minimum absolute atomic E-state index is 0.0717. The zero-order valence-corrected chi connectivity index (χ0v) is 17.0. The number of unbranched alkanes of at least 4 members (excludes halogenated alkanes) is 7. The van der Waals surface area contributed by atoms with Crippen molar-refractivity contribution in [3.63, 3.8) is 0 Å². The van der Waals surface area contributed by atoms with Crippen molar-refractivity contribution in [2.24, 2.45) is 0 Å². The molecule has 0 saturated carbocycles. The Morgan fingerprint density at radius 3 is 2.17 bits per heavy atom. The van der Waals surface area contributed by atoms with E-state index in [1.165, 1.54) is 56.7 Å². The molecule has 0 aliphatic carbocycles. The van der Waals surface area contributed by atoms with E-state index in [2.05, 4.69) is 6.92 Å². The number of rotatable bonds is 13. The number of ether oxygens (including phenoxy) is 2. The summed E-state index contributed by atoms with van der Waals surface area (Å²) < 4.78 is 10.9. The van der Waals surface area contributed by atoms with Crippen molar-refractivity contribution in [3.05, 3.63) is 64.2 Å². The molecule has 0 aromatic heterocycles. The monoisotopic (exact) mass is 399 g/mol. The van der Waals surface area contributed by atoms with Crippen LogP contribution in [0.25, 0.3) is 0 Å². The Balaban J connectivity index is 1.73. The molecule has 0 unspecified atom stereocenters. The highest BCUT2D eigenvalue weighted by Crippen LogP contribution is 2.27. The second kappa shape index (κ2) is 12.5. The zero-order chi connectivity index (χ0) is 20.9. The van der Waals surface area contributed by atoms with E-state index in [4.69, 9.17) is 9.47 Å². The molecule has 0 saturated heterocycles. The molecule has 0 heterocycles. The molecule has 156 valence electrons.